The van der Waals surface area contributed by atoms with Crippen LogP contribution >= 0.6 is 0 Å². The average Bonchev–Trinajstić information content (AvgIpc) is 3.03. The van der Waals surface area contributed by atoms with E-state index in [1.807, 2.05) is 12.1 Å². The molecule has 2 N–H and O–H groups in total. The first-order valence-electron chi connectivity index (χ1n) is 7.84. The van der Waals surface area contributed by atoms with Crippen molar-refractivity contribution in [3.05, 3.63) is 70.5 Å². The second kappa shape index (κ2) is 6.07. The molecule has 0 spiro atoms. The number of rotatable bonds is 4. The standard InChI is InChI=1S/C19H18FNO3/c1-19(18(23)24,13-8-10-14(20)11-9-13)21-17(22)16-7-3-5-12-4-2-6-15(12)16/h3,5,7-11H,2,4,6H2,1H3,(H,21,22)(H,23,24). The van der Waals surface area contributed by atoms with Crippen molar-refractivity contribution in [2.45, 2.75) is 31.7 Å². The molecule has 0 radical (unpaired) electrons. The van der Waals surface area contributed by atoms with E-state index in [2.05, 4.69) is 5.32 Å². The summed E-state index contributed by atoms with van der Waals surface area (Å²) in [5.74, 6) is -2.09. The molecule has 1 amide bonds. The van der Waals surface area contributed by atoms with Crippen LogP contribution in [0, 0.1) is 5.82 Å². The summed E-state index contributed by atoms with van der Waals surface area (Å²) in [5, 5.41) is 12.2. The summed E-state index contributed by atoms with van der Waals surface area (Å²) in [5.41, 5.74) is 1.33. The molecule has 2 aromatic rings. The maximum atomic E-state index is 13.1. The predicted octanol–water partition coefficient (Wildman–Crippen LogP) is 3.04. The molecule has 24 heavy (non-hydrogen) atoms. The minimum Gasteiger partial charge on any atom is -0.479 e. The lowest BCUT2D eigenvalue weighted by Gasteiger charge is -2.27. The highest BCUT2D eigenvalue weighted by Gasteiger charge is 2.37. The zero-order valence-electron chi connectivity index (χ0n) is 13.3. The van der Waals surface area contributed by atoms with Crippen LogP contribution in [-0.4, -0.2) is 17.0 Å². The minimum absolute atomic E-state index is 0.317. The monoisotopic (exact) mass is 327 g/mol. The second-order valence-corrected chi connectivity index (χ2v) is 6.19. The average molecular weight is 327 g/mol. The highest BCUT2D eigenvalue weighted by molar-refractivity contribution is 5.99. The lowest BCUT2D eigenvalue weighted by molar-refractivity contribution is -0.144. The molecular weight excluding hydrogens is 309 g/mol. The van der Waals surface area contributed by atoms with Gasteiger partial charge < -0.3 is 10.4 Å². The van der Waals surface area contributed by atoms with Gasteiger partial charge in [0.25, 0.3) is 5.91 Å². The van der Waals surface area contributed by atoms with Gasteiger partial charge in [-0.15, -0.1) is 0 Å². The van der Waals surface area contributed by atoms with Gasteiger partial charge in [-0.3, -0.25) is 4.79 Å². The van der Waals surface area contributed by atoms with E-state index in [4.69, 9.17) is 0 Å². The van der Waals surface area contributed by atoms with Crippen LogP contribution in [0.5, 0.6) is 0 Å². The number of hydrogen-bond donors (Lipinski definition) is 2. The van der Waals surface area contributed by atoms with Gasteiger partial charge in [0.2, 0.25) is 0 Å². The number of carbonyl (C=O) groups excluding carboxylic acids is 1. The Morgan fingerprint density at radius 2 is 1.83 bits per heavy atom. The van der Waals surface area contributed by atoms with Gasteiger partial charge in [-0.2, -0.15) is 0 Å². The fraction of sp³-hybridized carbons (Fsp3) is 0.263. The van der Waals surface area contributed by atoms with E-state index in [0.717, 1.165) is 30.4 Å². The van der Waals surface area contributed by atoms with Crippen LogP contribution in [0.25, 0.3) is 0 Å². The summed E-state index contributed by atoms with van der Waals surface area (Å²) < 4.78 is 13.1. The van der Waals surface area contributed by atoms with Crippen LogP contribution < -0.4 is 5.32 Å². The molecule has 1 atom stereocenters. The van der Waals surface area contributed by atoms with Crippen molar-refractivity contribution in [3.8, 4) is 0 Å². The summed E-state index contributed by atoms with van der Waals surface area (Å²) in [6.45, 7) is 1.41. The van der Waals surface area contributed by atoms with E-state index in [9.17, 15) is 19.1 Å². The third-order valence-corrected chi connectivity index (χ3v) is 4.60. The summed E-state index contributed by atoms with van der Waals surface area (Å²) >= 11 is 0. The van der Waals surface area contributed by atoms with Gasteiger partial charge in [0.15, 0.2) is 5.54 Å². The Morgan fingerprint density at radius 1 is 1.12 bits per heavy atom. The fourth-order valence-electron chi connectivity index (χ4n) is 3.16. The molecule has 0 heterocycles. The van der Waals surface area contributed by atoms with Gasteiger partial charge in [0, 0.05) is 5.56 Å². The molecular formula is C19H18FNO3. The molecule has 4 nitrogen and oxygen atoms in total. The van der Waals surface area contributed by atoms with Gasteiger partial charge in [0.05, 0.1) is 0 Å². The first kappa shape index (κ1) is 16.2. The number of aryl methyl sites for hydroxylation is 1. The van der Waals surface area contributed by atoms with Gasteiger partial charge in [0.1, 0.15) is 5.82 Å². The molecule has 1 aliphatic rings. The van der Waals surface area contributed by atoms with Crippen LogP contribution in [0.4, 0.5) is 4.39 Å². The number of carbonyl (C=O) groups is 2. The Labute approximate surface area is 139 Å². The van der Waals surface area contributed by atoms with E-state index < -0.39 is 23.2 Å². The van der Waals surface area contributed by atoms with Crippen LogP contribution in [0.2, 0.25) is 0 Å². The van der Waals surface area contributed by atoms with Crippen molar-refractivity contribution in [1.82, 2.24) is 5.32 Å². The highest BCUT2D eigenvalue weighted by Crippen LogP contribution is 2.27. The van der Waals surface area contributed by atoms with E-state index in [1.54, 1.807) is 6.07 Å². The van der Waals surface area contributed by atoms with Gasteiger partial charge >= 0.3 is 5.97 Å². The van der Waals surface area contributed by atoms with Crippen molar-refractivity contribution < 1.29 is 19.1 Å². The Balaban J connectivity index is 1.94. The maximum Gasteiger partial charge on any atom is 0.333 e. The Bertz CT molecular complexity index is 801. The predicted molar refractivity (Wildman–Crippen MR) is 87.3 cm³/mol. The molecule has 124 valence electrons. The third kappa shape index (κ3) is 2.77. The summed E-state index contributed by atoms with van der Waals surface area (Å²) in [6, 6.07) is 10.6. The first-order chi connectivity index (χ1) is 11.4. The number of fused-ring (bicyclic) bond motifs is 1. The minimum atomic E-state index is -1.63. The van der Waals surface area contributed by atoms with Crippen molar-refractivity contribution >= 4 is 11.9 Å². The zero-order chi connectivity index (χ0) is 17.3. The van der Waals surface area contributed by atoms with Crippen LogP contribution in [0.3, 0.4) is 0 Å². The van der Waals surface area contributed by atoms with Crippen LogP contribution in [0.15, 0.2) is 42.5 Å². The molecule has 2 aromatic carbocycles. The number of carboxylic acid groups (broad SMARTS) is 1. The van der Waals surface area contributed by atoms with Crippen LogP contribution in [0.1, 0.15) is 40.4 Å². The highest BCUT2D eigenvalue weighted by atomic mass is 19.1. The molecule has 1 unspecified atom stereocenters. The first-order valence-corrected chi connectivity index (χ1v) is 7.84. The number of halogens is 1. The molecule has 0 aromatic heterocycles. The van der Waals surface area contributed by atoms with Crippen molar-refractivity contribution in [2.24, 2.45) is 0 Å². The van der Waals surface area contributed by atoms with Crippen molar-refractivity contribution in [1.29, 1.82) is 0 Å². The molecule has 5 heteroatoms. The Kier molecular flexibility index (Phi) is 4.09. The summed E-state index contributed by atoms with van der Waals surface area (Å²) in [4.78, 5) is 24.5. The topological polar surface area (TPSA) is 66.4 Å². The van der Waals surface area contributed by atoms with E-state index in [1.165, 1.54) is 31.2 Å². The fourth-order valence-corrected chi connectivity index (χ4v) is 3.16. The number of benzene rings is 2. The van der Waals surface area contributed by atoms with Gasteiger partial charge in [-0.05, 0) is 61.1 Å². The SMILES string of the molecule is CC(NC(=O)c1cccc2c1CCC2)(C(=O)O)c1ccc(F)cc1. The summed E-state index contributed by atoms with van der Waals surface area (Å²) in [6.07, 6.45) is 2.75. The Hall–Kier alpha value is -2.69. The van der Waals surface area contributed by atoms with Gasteiger partial charge in [-0.1, -0.05) is 24.3 Å². The van der Waals surface area contributed by atoms with Crippen molar-refractivity contribution in [2.75, 3.05) is 0 Å². The number of hydrogen-bond acceptors (Lipinski definition) is 2. The molecule has 0 saturated carbocycles. The smallest absolute Gasteiger partial charge is 0.333 e. The molecule has 0 aliphatic heterocycles. The molecule has 0 fully saturated rings. The summed E-state index contributed by atoms with van der Waals surface area (Å²) in [7, 11) is 0. The third-order valence-electron chi connectivity index (χ3n) is 4.60. The zero-order valence-corrected chi connectivity index (χ0v) is 13.3. The second-order valence-electron chi connectivity index (χ2n) is 6.19. The number of carboxylic acids is 1. The van der Waals surface area contributed by atoms with Gasteiger partial charge in [-0.25, -0.2) is 9.18 Å². The molecule has 0 bridgehead atoms. The molecule has 1 aliphatic carbocycles. The maximum absolute atomic E-state index is 13.1. The largest absolute Gasteiger partial charge is 0.479 e. The van der Waals surface area contributed by atoms with Crippen LogP contribution in [-0.2, 0) is 23.2 Å². The number of aliphatic carboxylic acids is 1. The number of nitrogens with one attached hydrogen (secondary N) is 1. The van der Waals surface area contributed by atoms with Crippen molar-refractivity contribution in [3.63, 3.8) is 0 Å². The van der Waals surface area contributed by atoms with E-state index in [0.29, 0.717) is 11.1 Å². The number of amides is 1. The lowest BCUT2D eigenvalue weighted by atomic mass is 9.91. The Morgan fingerprint density at radius 3 is 2.50 bits per heavy atom. The van der Waals surface area contributed by atoms with E-state index in [-0.39, 0.29) is 0 Å². The normalized spacial score (nSPS) is 15.4. The molecule has 3 rings (SSSR count). The van der Waals surface area contributed by atoms with E-state index >= 15 is 0 Å². The quantitative estimate of drug-likeness (QED) is 0.907. The molecule has 0 saturated heterocycles. The lowest BCUT2D eigenvalue weighted by Crippen LogP contribution is -2.49.